The Morgan fingerprint density at radius 2 is 2.00 bits per heavy atom. The summed E-state index contributed by atoms with van der Waals surface area (Å²) in [4.78, 5) is 3.96. The first-order valence-electron chi connectivity index (χ1n) is 6.02. The van der Waals surface area contributed by atoms with Crippen LogP contribution in [0.2, 0.25) is 5.15 Å². The third kappa shape index (κ3) is 4.11. The summed E-state index contributed by atoms with van der Waals surface area (Å²) in [5.41, 5.74) is 0.393. The van der Waals surface area contributed by atoms with E-state index in [2.05, 4.69) is 26.2 Å². The van der Waals surface area contributed by atoms with Gasteiger partial charge in [-0.3, -0.25) is 0 Å². The molecule has 2 aromatic rings. The molecule has 1 N–H and O–H groups in total. The Kier molecular flexibility index (Phi) is 4.78. The summed E-state index contributed by atoms with van der Waals surface area (Å²) < 4.78 is 38.9. The molecule has 112 valence electrons. The van der Waals surface area contributed by atoms with Crippen molar-refractivity contribution in [2.75, 3.05) is 5.32 Å². The number of alkyl halides is 3. The van der Waals surface area contributed by atoms with E-state index in [1.807, 2.05) is 0 Å². The summed E-state index contributed by atoms with van der Waals surface area (Å²) >= 11 is 9.23. The van der Waals surface area contributed by atoms with Crippen LogP contribution >= 0.6 is 27.5 Å². The van der Waals surface area contributed by atoms with Crippen LogP contribution in [-0.2, 0) is 6.18 Å². The van der Waals surface area contributed by atoms with E-state index < -0.39 is 11.7 Å². The normalized spacial score (nSPS) is 13.0. The monoisotopic (exact) mass is 378 g/mol. The molecule has 0 saturated heterocycles. The summed E-state index contributed by atoms with van der Waals surface area (Å²) in [6.07, 6.45) is -2.81. The number of nitrogens with one attached hydrogen (secondary N) is 1. The minimum atomic E-state index is -4.36. The zero-order chi connectivity index (χ0) is 15.6. The van der Waals surface area contributed by atoms with Crippen LogP contribution in [0.3, 0.4) is 0 Å². The molecule has 0 amide bonds. The largest absolute Gasteiger partial charge is 0.416 e. The van der Waals surface area contributed by atoms with Gasteiger partial charge in [-0.1, -0.05) is 23.7 Å². The molecular formula is C14H11BrClF3N2. The number of halogens is 5. The molecule has 0 spiro atoms. The molecule has 0 fully saturated rings. The van der Waals surface area contributed by atoms with Crippen molar-refractivity contribution in [3.05, 3.63) is 57.3 Å². The Morgan fingerprint density at radius 1 is 1.29 bits per heavy atom. The fourth-order valence-electron chi connectivity index (χ4n) is 1.82. The maximum atomic E-state index is 12.7. The summed E-state index contributed by atoms with van der Waals surface area (Å²) in [6, 6.07) is 6.56. The van der Waals surface area contributed by atoms with E-state index in [0.29, 0.717) is 11.3 Å². The molecule has 1 atom stereocenters. The van der Waals surface area contributed by atoms with E-state index in [-0.39, 0.29) is 11.2 Å². The van der Waals surface area contributed by atoms with Crippen molar-refractivity contribution in [2.45, 2.75) is 19.1 Å². The third-order valence-electron chi connectivity index (χ3n) is 2.89. The van der Waals surface area contributed by atoms with Gasteiger partial charge in [0, 0.05) is 16.7 Å². The lowest BCUT2D eigenvalue weighted by molar-refractivity contribution is -0.137. The van der Waals surface area contributed by atoms with Crippen LogP contribution in [-0.4, -0.2) is 4.98 Å². The third-order valence-corrected chi connectivity index (χ3v) is 3.63. The average molecular weight is 380 g/mol. The van der Waals surface area contributed by atoms with Gasteiger partial charge in [-0.15, -0.1) is 0 Å². The van der Waals surface area contributed by atoms with E-state index in [9.17, 15) is 13.2 Å². The number of pyridine rings is 1. The van der Waals surface area contributed by atoms with Crippen LogP contribution in [0, 0.1) is 0 Å². The lowest BCUT2D eigenvalue weighted by Crippen LogP contribution is -2.10. The molecule has 0 radical (unpaired) electrons. The second-order valence-electron chi connectivity index (χ2n) is 4.48. The molecule has 2 nitrogen and oxygen atoms in total. The van der Waals surface area contributed by atoms with E-state index in [1.54, 1.807) is 25.3 Å². The molecule has 2 rings (SSSR count). The number of hydrogen-bond donors (Lipinski definition) is 1. The van der Waals surface area contributed by atoms with Gasteiger partial charge in [-0.2, -0.15) is 13.2 Å². The van der Waals surface area contributed by atoms with Gasteiger partial charge in [0.1, 0.15) is 0 Å². The SMILES string of the molecule is CC(Nc1cc(Br)cnc1Cl)c1cccc(C(F)(F)F)c1. The summed E-state index contributed by atoms with van der Waals surface area (Å²) in [7, 11) is 0. The number of rotatable bonds is 3. The van der Waals surface area contributed by atoms with Gasteiger partial charge < -0.3 is 5.32 Å². The van der Waals surface area contributed by atoms with Crippen LogP contribution in [0.15, 0.2) is 41.0 Å². The molecule has 1 unspecified atom stereocenters. The predicted octanol–water partition coefficient (Wildman–Crippen LogP) is 5.69. The first-order chi connectivity index (χ1) is 9.77. The smallest absolute Gasteiger partial charge is 0.376 e. The zero-order valence-corrected chi connectivity index (χ0v) is 13.2. The molecule has 1 aromatic heterocycles. The zero-order valence-electron chi connectivity index (χ0n) is 10.9. The molecule has 0 aliphatic rings. The Labute approximate surface area is 133 Å². The van der Waals surface area contributed by atoms with Gasteiger partial charge in [0.2, 0.25) is 0 Å². The number of anilines is 1. The first-order valence-corrected chi connectivity index (χ1v) is 7.19. The number of nitrogens with zero attached hydrogens (tertiary/aromatic N) is 1. The van der Waals surface area contributed by atoms with Crippen LogP contribution in [0.25, 0.3) is 0 Å². The Bertz CT molecular complexity index is 646. The van der Waals surface area contributed by atoms with E-state index >= 15 is 0 Å². The Morgan fingerprint density at radius 3 is 2.67 bits per heavy atom. The van der Waals surface area contributed by atoms with Crippen LogP contribution in [0.5, 0.6) is 0 Å². The van der Waals surface area contributed by atoms with Gasteiger partial charge in [0.05, 0.1) is 11.3 Å². The molecule has 0 bridgehead atoms. The van der Waals surface area contributed by atoms with Crippen LogP contribution in [0.4, 0.5) is 18.9 Å². The molecule has 0 aliphatic carbocycles. The molecule has 21 heavy (non-hydrogen) atoms. The first kappa shape index (κ1) is 16.1. The van der Waals surface area contributed by atoms with Crippen molar-refractivity contribution >= 4 is 33.2 Å². The molecule has 7 heteroatoms. The molecule has 1 aromatic carbocycles. The van der Waals surface area contributed by atoms with Gasteiger partial charge >= 0.3 is 6.18 Å². The van der Waals surface area contributed by atoms with Gasteiger partial charge in [0.25, 0.3) is 0 Å². The Hall–Kier alpha value is -1.27. The van der Waals surface area contributed by atoms with Crippen molar-refractivity contribution in [1.29, 1.82) is 0 Å². The second kappa shape index (κ2) is 6.23. The minimum absolute atomic E-state index is 0.261. The topological polar surface area (TPSA) is 24.9 Å². The maximum absolute atomic E-state index is 12.7. The second-order valence-corrected chi connectivity index (χ2v) is 5.75. The van der Waals surface area contributed by atoms with E-state index in [1.165, 1.54) is 6.07 Å². The highest BCUT2D eigenvalue weighted by Crippen LogP contribution is 2.32. The lowest BCUT2D eigenvalue weighted by Gasteiger charge is -2.18. The van der Waals surface area contributed by atoms with Crippen LogP contribution < -0.4 is 5.32 Å². The van der Waals surface area contributed by atoms with E-state index in [4.69, 9.17) is 11.6 Å². The Balaban J connectivity index is 2.24. The predicted molar refractivity (Wildman–Crippen MR) is 80.4 cm³/mol. The standard InChI is InChI=1S/C14H11BrClF3N2/c1-8(21-12-6-11(15)7-20-13(12)16)9-3-2-4-10(5-9)14(17,18)19/h2-8,21H,1H3. The molecule has 0 aliphatic heterocycles. The highest BCUT2D eigenvalue weighted by atomic mass is 79.9. The molecular weight excluding hydrogens is 369 g/mol. The number of benzene rings is 1. The molecule has 1 heterocycles. The van der Waals surface area contributed by atoms with Gasteiger partial charge in [-0.25, -0.2) is 4.98 Å². The quantitative estimate of drug-likeness (QED) is 0.693. The fraction of sp³-hybridized carbons (Fsp3) is 0.214. The summed E-state index contributed by atoms with van der Waals surface area (Å²) in [5.74, 6) is 0. The maximum Gasteiger partial charge on any atom is 0.416 e. The van der Waals surface area contributed by atoms with Crippen molar-refractivity contribution in [3.8, 4) is 0 Å². The summed E-state index contributed by atoms with van der Waals surface area (Å²) in [5, 5.41) is 3.32. The fourth-order valence-corrected chi connectivity index (χ4v) is 2.31. The summed E-state index contributed by atoms with van der Waals surface area (Å²) in [6.45, 7) is 1.76. The number of aromatic nitrogens is 1. The highest BCUT2D eigenvalue weighted by molar-refractivity contribution is 9.10. The number of hydrogen-bond acceptors (Lipinski definition) is 2. The van der Waals surface area contributed by atoms with Gasteiger partial charge in [0.15, 0.2) is 5.15 Å². The minimum Gasteiger partial charge on any atom is -0.376 e. The van der Waals surface area contributed by atoms with Crippen molar-refractivity contribution in [3.63, 3.8) is 0 Å². The van der Waals surface area contributed by atoms with Crippen molar-refractivity contribution in [2.24, 2.45) is 0 Å². The van der Waals surface area contributed by atoms with Crippen molar-refractivity contribution in [1.82, 2.24) is 4.98 Å². The average Bonchev–Trinajstić information content (AvgIpc) is 2.42. The van der Waals surface area contributed by atoms with E-state index in [0.717, 1.165) is 16.6 Å². The van der Waals surface area contributed by atoms with Gasteiger partial charge in [-0.05, 0) is 46.6 Å². The van der Waals surface area contributed by atoms with Crippen molar-refractivity contribution < 1.29 is 13.2 Å². The van der Waals surface area contributed by atoms with Crippen LogP contribution in [0.1, 0.15) is 24.1 Å². The highest BCUT2D eigenvalue weighted by Gasteiger charge is 2.30. The lowest BCUT2D eigenvalue weighted by atomic mass is 10.0. The molecule has 0 saturated carbocycles.